The third kappa shape index (κ3) is 5.31. The first-order valence-electron chi connectivity index (χ1n) is 11.5. The second-order valence-corrected chi connectivity index (χ2v) is 9.71. The minimum Gasteiger partial charge on any atom is -0.459 e. The number of esters is 1. The Hall–Kier alpha value is -3.86. The van der Waals surface area contributed by atoms with Crippen LogP contribution in [0.1, 0.15) is 53.9 Å². The molecule has 1 atom stereocenters. The number of aliphatic hydroxyl groups is 1. The Balaban J connectivity index is 1.72. The highest BCUT2D eigenvalue weighted by Gasteiger charge is 2.32. The monoisotopic (exact) mass is 517 g/mol. The van der Waals surface area contributed by atoms with Gasteiger partial charge in [-0.25, -0.2) is 0 Å². The molecule has 1 unspecified atom stereocenters. The summed E-state index contributed by atoms with van der Waals surface area (Å²) in [6.45, 7) is 3.97. The van der Waals surface area contributed by atoms with Gasteiger partial charge in [0.15, 0.2) is 0 Å². The quantitative estimate of drug-likeness (QED) is 0.445. The highest BCUT2D eigenvalue weighted by Crippen LogP contribution is 2.36. The van der Waals surface area contributed by atoms with Crippen LogP contribution in [0.2, 0.25) is 0 Å². The van der Waals surface area contributed by atoms with E-state index in [2.05, 4.69) is 10.6 Å². The number of amides is 1. The lowest BCUT2D eigenvalue weighted by molar-refractivity contribution is -0.153. The van der Waals surface area contributed by atoms with Gasteiger partial charge in [-0.05, 0) is 44.5 Å². The van der Waals surface area contributed by atoms with Gasteiger partial charge in [0.1, 0.15) is 17.7 Å². The van der Waals surface area contributed by atoms with Gasteiger partial charge in [-0.1, -0.05) is 24.3 Å². The fourth-order valence-corrected chi connectivity index (χ4v) is 4.39. The van der Waals surface area contributed by atoms with Crippen LogP contribution in [0.15, 0.2) is 47.3 Å². The average molecular weight is 518 g/mol. The van der Waals surface area contributed by atoms with Crippen LogP contribution in [0.25, 0.3) is 10.9 Å². The number of benzene rings is 2. The topological polar surface area (TPSA) is 110 Å². The molecule has 1 aliphatic heterocycles. The number of anilines is 1. The van der Waals surface area contributed by atoms with E-state index in [-0.39, 0.29) is 17.7 Å². The summed E-state index contributed by atoms with van der Waals surface area (Å²) in [5, 5.41) is 16.2. The Morgan fingerprint density at radius 3 is 2.41 bits per heavy atom. The van der Waals surface area contributed by atoms with E-state index in [1.54, 1.807) is 39.0 Å². The van der Waals surface area contributed by atoms with E-state index in [9.17, 15) is 32.7 Å². The largest absolute Gasteiger partial charge is 0.459 e. The Bertz CT molecular complexity index is 1420. The van der Waals surface area contributed by atoms with Crippen LogP contribution in [-0.2, 0) is 28.9 Å². The molecule has 2 aromatic carbocycles. The molecule has 0 bridgehead atoms. The molecule has 11 heteroatoms. The maximum atomic E-state index is 13.6. The summed E-state index contributed by atoms with van der Waals surface area (Å²) in [5.41, 5.74) is -0.943. The van der Waals surface area contributed by atoms with Gasteiger partial charge in [-0.15, -0.1) is 0 Å². The number of halogens is 3. The number of aliphatic hydroxyl groups excluding tert-OH is 1. The number of alkyl halides is 3. The van der Waals surface area contributed by atoms with E-state index in [0.717, 1.165) is 12.1 Å². The predicted octanol–water partition coefficient (Wildman–Crippen LogP) is 3.75. The van der Waals surface area contributed by atoms with Crippen molar-refractivity contribution in [2.45, 2.75) is 51.7 Å². The van der Waals surface area contributed by atoms with Crippen LogP contribution in [0.5, 0.6) is 0 Å². The summed E-state index contributed by atoms with van der Waals surface area (Å²) in [4.78, 5) is 38.7. The molecular weight excluding hydrogens is 491 g/mol. The number of carbonyl (C=O) groups excluding carboxylic acids is 2. The lowest BCUT2D eigenvalue weighted by Crippen LogP contribution is -2.40. The molecule has 0 fully saturated rings. The summed E-state index contributed by atoms with van der Waals surface area (Å²) in [5.74, 6) is -1.54. The lowest BCUT2D eigenvalue weighted by Gasteiger charge is -2.30. The van der Waals surface area contributed by atoms with Gasteiger partial charge in [0.05, 0.1) is 36.0 Å². The number of ether oxygens (including phenoxy) is 1. The fourth-order valence-electron chi connectivity index (χ4n) is 4.39. The van der Waals surface area contributed by atoms with E-state index in [0.29, 0.717) is 22.2 Å². The molecule has 0 aliphatic carbocycles. The van der Waals surface area contributed by atoms with Crippen molar-refractivity contribution in [2.75, 3.05) is 11.9 Å². The molecule has 0 spiro atoms. The van der Waals surface area contributed by atoms with Crippen LogP contribution in [0.3, 0.4) is 0 Å². The summed E-state index contributed by atoms with van der Waals surface area (Å²) >= 11 is 0. The first-order valence-corrected chi connectivity index (χ1v) is 11.5. The van der Waals surface area contributed by atoms with Crippen LogP contribution in [0, 0.1) is 0 Å². The molecule has 0 saturated carbocycles. The van der Waals surface area contributed by atoms with Gasteiger partial charge in [0.25, 0.3) is 11.5 Å². The van der Waals surface area contributed by atoms with Crippen molar-refractivity contribution in [2.24, 2.45) is 0 Å². The van der Waals surface area contributed by atoms with Gasteiger partial charge in [-0.2, -0.15) is 13.2 Å². The van der Waals surface area contributed by atoms with E-state index >= 15 is 0 Å². The molecule has 3 aromatic rings. The van der Waals surface area contributed by atoms with Gasteiger partial charge in [-0.3, -0.25) is 14.4 Å². The minimum atomic E-state index is -4.48. The second-order valence-electron chi connectivity index (χ2n) is 9.71. The van der Waals surface area contributed by atoms with E-state index in [4.69, 9.17) is 4.74 Å². The molecule has 1 aliphatic rings. The number of nitrogens with zero attached hydrogens (tertiary/aromatic N) is 1. The molecular formula is C26H26F3N3O5. The number of rotatable bonds is 5. The van der Waals surface area contributed by atoms with Crippen LogP contribution < -0.4 is 16.2 Å². The molecule has 8 nitrogen and oxygen atoms in total. The van der Waals surface area contributed by atoms with Gasteiger partial charge in [0, 0.05) is 10.9 Å². The maximum Gasteiger partial charge on any atom is 0.416 e. The SMILES string of the molecule is CC(C)(C)OC(=O)CNC(=O)c1c(CO)c2cccc3c2n(c1=O)CC(c1ccc(C(F)(F)F)cc1)N3. The summed E-state index contributed by atoms with van der Waals surface area (Å²) in [6, 6.07) is 9.11. The zero-order valence-corrected chi connectivity index (χ0v) is 20.4. The molecule has 3 N–H and O–H groups in total. The third-order valence-electron chi connectivity index (χ3n) is 5.93. The van der Waals surface area contributed by atoms with E-state index < -0.39 is 54.0 Å². The number of pyridine rings is 1. The fraction of sp³-hybridized carbons (Fsp3) is 0.346. The highest BCUT2D eigenvalue weighted by molar-refractivity contribution is 6.03. The summed E-state index contributed by atoms with van der Waals surface area (Å²) < 4.78 is 45.5. The van der Waals surface area contributed by atoms with Crippen molar-refractivity contribution in [3.05, 3.63) is 75.1 Å². The second kappa shape index (κ2) is 9.55. The first-order chi connectivity index (χ1) is 17.3. The first kappa shape index (κ1) is 26.2. The number of para-hydroxylation sites is 1. The molecule has 4 rings (SSSR count). The molecule has 0 radical (unpaired) electrons. The van der Waals surface area contributed by atoms with Crippen molar-refractivity contribution in [3.8, 4) is 0 Å². The van der Waals surface area contributed by atoms with Crippen molar-refractivity contribution in [3.63, 3.8) is 0 Å². The van der Waals surface area contributed by atoms with E-state index in [1.165, 1.54) is 16.7 Å². The Kier molecular flexibility index (Phi) is 6.76. The van der Waals surface area contributed by atoms with E-state index in [1.807, 2.05) is 0 Å². The van der Waals surface area contributed by atoms with Crippen molar-refractivity contribution in [1.29, 1.82) is 0 Å². The Morgan fingerprint density at radius 1 is 1.14 bits per heavy atom. The predicted molar refractivity (Wildman–Crippen MR) is 130 cm³/mol. The molecule has 1 amide bonds. The number of aromatic nitrogens is 1. The summed E-state index contributed by atoms with van der Waals surface area (Å²) in [7, 11) is 0. The molecule has 0 saturated heterocycles. The molecule has 196 valence electrons. The maximum absolute atomic E-state index is 13.6. The standard InChI is InChI=1S/C26H26F3N3O5/c1-25(2,3)37-20(34)11-30-23(35)21-17(13-33)16-5-4-6-18-22(16)32(24(21)36)12-19(31-18)14-7-9-15(10-8-14)26(27,28)29/h4-10,19,31,33H,11-13H2,1-3H3,(H,30,35). The van der Waals surface area contributed by atoms with Gasteiger partial charge < -0.3 is 25.0 Å². The van der Waals surface area contributed by atoms with Gasteiger partial charge in [0.2, 0.25) is 0 Å². The zero-order chi connectivity index (χ0) is 27.1. The molecule has 1 aromatic heterocycles. The van der Waals surface area contributed by atoms with Crippen LogP contribution >= 0.6 is 0 Å². The number of nitrogens with one attached hydrogen (secondary N) is 2. The van der Waals surface area contributed by atoms with Crippen molar-refractivity contribution < 1.29 is 32.6 Å². The van der Waals surface area contributed by atoms with Crippen molar-refractivity contribution in [1.82, 2.24) is 9.88 Å². The van der Waals surface area contributed by atoms with Crippen LogP contribution in [0.4, 0.5) is 18.9 Å². The molecule has 37 heavy (non-hydrogen) atoms. The Labute approximate surface area is 210 Å². The normalized spacial score (nSPS) is 15.3. The van der Waals surface area contributed by atoms with Gasteiger partial charge >= 0.3 is 12.1 Å². The lowest BCUT2D eigenvalue weighted by atomic mass is 9.97. The number of hydrogen-bond acceptors (Lipinski definition) is 6. The summed E-state index contributed by atoms with van der Waals surface area (Å²) in [6.07, 6.45) is -4.48. The average Bonchev–Trinajstić information content (AvgIpc) is 2.82. The minimum absolute atomic E-state index is 0.0236. The van der Waals surface area contributed by atoms with Crippen molar-refractivity contribution >= 4 is 28.5 Å². The third-order valence-corrected chi connectivity index (χ3v) is 5.93. The highest BCUT2D eigenvalue weighted by atomic mass is 19.4. The Morgan fingerprint density at radius 2 is 1.81 bits per heavy atom. The zero-order valence-electron chi connectivity index (χ0n) is 20.4. The smallest absolute Gasteiger partial charge is 0.416 e. The number of carbonyl (C=O) groups is 2. The van der Waals surface area contributed by atoms with Crippen LogP contribution in [-0.4, -0.2) is 33.7 Å². The molecule has 2 heterocycles. The number of hydrogen-bond donors (Lipinski definition) is 3.